The molecule has 0 aliphatic rings. The molecule has 2 aromatic heterocycles. The number of hydrogen-bond acceptors (Lipinski definition) is 7. The van der Waals surface area contributed by atoms with Gasteiger partial charge in [-0.25, -0.2) is 23.1 Å². The Morgan fingerprint density at radius 1 is 0.972 bits per heavy atom. The predicted octanol–water partition coefficient (Wildman–Crippen LogP) is 5.28. The molecule has 2 heterocycles. The number of aryl methyl sites for hydroxylation is 3. The Balaban J connectivity index is 1.37. The summed E-state index contributed by atoms with van der Waals surface area (Å²) in [5, 5.41) is 3.30. The average Bonchev–Trinajstić information content (AvgIpc) is 3.27. The van der Waals surface area contributed by atoms with Crippen LogP contribution in [0.25, 0.3) is 0 Å². The van der Waals surface area contributed by atoms with Gasteiger partial charge in [-0.1, -0.05) is 11.6 Å². The van der Waals surface area contributed by atoms with Crippen LogP contribution in [0, 0.1) is 20.8 Å². The SMILES string of the molecule is Cc1cc(C)nc(NS(=O)(=O)c2ccc(NC(=O)c3ccc(COc4ccc(Cl)cc4C)o3)cc2)n1. The second kappa shape index (κ2) is 10.4. The van der Waals surface area contributed by atoms with E-state index in [0.717, 1.165) is 5.56 Å². The van der Waals surface area contributed by atoms with E-state index in [1.807, 2.05) is 6.92 Å². The van der Waals surface area contributed by atoms with Gasteiger partial charge in [-0.3, -0.25) is 4.79 Å². The van der Waals surface area contributed by atoms with Crippen molar-refractivity contribution in [3.63, 3.8) is 0 Å². The zero-order valence-corrected chi connectivity index (χ0v) is 21.3. The highest BCUT2D eigenvalue weighted by Crippen LogP contribution is 2.23. The fourth-order valence-electron chi connectivity index (χ4n) is 3.36. The summed E-state index contributed by atoms with van der Waals surface area (Å²) < 4.78 is 39.0. The van der Waals surface area contributed by atoms with Gasteiger partial charge in [0.2, 0.25) is 5.95 Å². The van der Waals surface area contributed by atoms with E-state index in [1.165, 1.54) is 30.3 Å². The van der Waals surface area contributed by atoms with Crippen LogP contribution < -0.4 is 14.8 Å². The molecule has 0 unspecified atom stereocenters. The molecule has 2 N–H and O–H groups in total. The van der Waals surface area contributed by atoms with Crippen molar-refractivity contribution in [1.82, 2.24) is 9.97 Å². The number of furan rings is 1. The van der Waals surface area contributed by atoms with E-state index in [1.54, 1.807) is 44.2 Å². The number of hydrogen-bond donors (Lipinski definition) is 2. The molecule has 0 atom stereocenters. The molecule has 4 aromatic rings. The molecule has 1 amide bonds. The van der Waals surface area contributed by atoms with Gasteiger partial charge in [0.25, 0.3) is 15.9 Å². The van der Waals surface area contributed by atoms with Crippen molar-refractivity contribution >= 4 is 39.2 Å². The molecular weight excluding hydrogens is 504 g/mol. The van der Waals surface area contributed by atoms with Crippen LogP contribution in [0.2, 0.25) is 5.02 Å². The van der Waals surface area contributed by atoms with Gasteiger partial charge in [-0.2, -0.15) is 0 Å². The lowest BCUT2D eigenvalue weighted by Gasteiger charge is -2.09. The maximum absolute atomic E-state index is 12.7. The van der Waals surface area contributed by atoms with E-state index in [0.29, 0.717) is 33.6 Å². The molecule has 0 aliphatic carbocycles. The van der Waals surface area contributed by atoms with Crippen LogP contribution in [-0.4, -0.2) is 24.3 Å². The summed E-state index contributed by atoms with van der Waals surface area (Å²) in [5.74, 6) is 0.729. The molecular formula is C25H23ClN4O5S. The minimum absolute atomic E-state index is 0.00168. The van der Waals surface area contributed by atoms with Crippen molar-refractivity contribution in [3.05, 3.63) is 94.2 Å². The van der Waals surface area contributed by atoms with Gasteiger partial charge in [0, 0.05) is 22.1 Å². The van der Waals surface area contributed by atoms with E-state index in [4.69, 9.17) is 20.8 Å². The molecule has 186 valence electrons. The smallest absolute Gasteiger partial charge is 0.291 e. The summed E-state index contributed by atoms with van der Waals surface area (Å²) in [6.45, 7) is 5.52. The molecule has 0 radical (unpaired) electrons. The number of sulfonamides is 1. The summed E-state index contributed by atoms with van der Waals surface area (Å²) in [6, 6.07) is 15.9. The van der Waals surface area contributed by atoms with Crippen LogP contribution in [0.4, 0.5) is 11.6 Å². The second-order valence-electron chi connectivity index (χ2n) is 8.02. The van der Waals surface area contributed by atoms with Crippen molar-refractivity contribution in [2.45, 2.75) is 32.3 Å². The molecule has 2 aromatic carbocycles. The summed E-state index contributed by atoms with van der Waals surface area (Å²) >= 11 is 5.96. The van der Waals surface area contributed by atoms with E-state index >= 15 is 0 Å². The Morgan fingerprint density at radius 2 is 1.67 bits per heavy atom. The molecule has 0 bridgehead atoms. The maximum Gasteiger partial charge on any atom is 0.291 e. The highest BCUT2D eigenvalue weighted by molar-refractivity contribution is 7.92. The topological polar surface area (TPSA) is 123 Å². The van der Waals surface area contributed by atoms with Crippen molar-refractivity contribution in [2.75, 3.05) is 10.0 Å². The predicted molar refractivity (Wildman–Crippen MR) is 136 cm³/mol. The van der Waals surface area contributed by atoms with E-state index in [9.17, 15) is 13.2 Å². The Bertz CT molecular complexity index is 1500. The molecule has 4 rings (SSSR count). The van der Waals surface area contributed by atoms with Gasteiger partial charge in [-0.05, 0) is 87.0 Å². The number of ether oxygens (including phenoxy) is 1. The van der Waals surface area contributed by atoms with Crippen molar-refractivity contribution < 1.29 is 22.4 Å². The van der Waals surface area contributed by atoms with Crippen LogP contribution in [0.15, 0.2) is 70.0 Å². The van der Waals surface area contributed by atoms with E-state index in [2.05, 4.69) is 20.0 Å². The fourth-order valence-corrected chi connectivity index (χ4v) is 4.53. The second-order valence-corrected chi connectivity index (χ2v) is 10.1. The third-order valence-electron chi connectivity index (χ3n) is 5.02. The van der Waals surface area contributed by atoms with E-state index in [-0.39, 0.29) is 23.2 Å². The number of aromatic nitrogens is 2. The molecule has 9 nitrogen and oxygen atoms in total. The number of carbonyl (C=O) groups excluding carboxylic acids is 1. The summed E-state index contributed by atoms with van der Waals surface area (Å²) in [4.78, 5) is 20.8. The molecule has 0 fully saturated rings. The lowest BCUT2D eigenvalue weighted by molar-refractivity contribution is 0.0992. The summed E-state index contributed by atoms with van der Waals surface area (Å²) in [5.41, 5.74) is 2.57. The highest BCUT2D eigenvalue weighted by atomic mass is 35.5. The van der Waals surface area contributed by atoms with Crippen molar-refractivity contribution in [1.29, 1.82) is 0 Å². The van der Waals surface area contributed by atoms with Crippen molar-refractivity contribution in [2.24, 2.45) is 0 Å². The molecule has 0 aliphatic heterocycles. The molecule has 36 heavy (non-hydrogen) atoms. The van der Waals surface area contributed by atoms with Gasteiger partial charge in [0.1, 0.15) is 18.1 Å². The van der Waals surface area contributed by atoms with Crippen LogP contribution in [0.5, 0.6) is 5.75 Å². The third-order valence-corrected chi connectivity index (χ3v) is 6.60. The minimum atomic E-state index is -3.90. The Hall–Kier alpha value is -3.89. The summed E-state index contributed by atoms with van der Waals surface area (Å²) in [7, 11) is -3.90. The Labute approximate surface area is 213 Å². The van der Waals surface area contributed by atoms with Crippen LogP contribution >= 0.6 is 11.6 Å². The first-order valence-electron chi connectivity index (χ1n) is 10.8. The maximum atomic E-state index is 12.7. The number of carbonyl (C=O) groups is 1. The van der Waals surface area contributed by atoms with Gasteiger partial charge < -0.3 is 14.5 Å². The molecule has 0 saturated heterocycles. The first-order chi connectivity index (χ1) is 17.1. The number of benzene rings is 2. The number of rotatable bonds is 8. The largest absolute Gasteiger partial charge is 0.485 e. The zero-order valence-electron chi connectivity index (χ0n) is 19.7. The van der Waals surface area contributed by atoms with E-state index < -0.39 is 15.9 Å². The molecule has 11 heteroatoms. The number of nitrogens with zero attached hydrogens (tertiary/aromatic N) is 2. The van der Waals surface area contributed by atoms with Gasteiger partial charge in [0.15, 0.2) is 5.76 Å². The number of nitrogens with one attached hydrogen (secondary N) is 2. The monoisotopic (exact) mass is 526 g/mol. The lowest BCUT2D eigenvalue weighted by Crippen LogP contribution is -2.16. The Kier molecular flexibility index (Phi) is 7.27. The highest BCUT2D eigenvalue weighted by Gasteiger charge is 2.17. The summed E-state index contributed by atoms with van der Waals surface area (Å²) in [6.07, 6.45) is 0. The Morgan fingerprint density at radius 3 is 2.33 bits per heavy atom. The zero-order chi connectivity index (χ0) is 25.9. The minimum Gasteiger partial charge on any atom is -0.485 e. The molecule has 0 spiro atoms. The normalized spacial score (nSPS) is 11.2. The molecule has 0 saturated carbocycles. The fraction of sp³-hybridized carbons (Fsp3) is 0.160. The quantitative estimate of drug-likeness (QED) is 0.320. The van der Waals surface area contributed by atoms with Crippen LogP contribution in [0.3, 0.4) is 0 Å². The average molecular weight is 527 g/mol. The first kappa shape index (κ1) is 25.2. The van der Waals surface area contributed by atoms with Gasteiger partial charge in [-0.15, -0.1) is 0 Å². The van der Waals surface area contributed by atoms with Crippen molar-refractivity contribution in [3.8, 4) is 5.75 Å². The van der Waals surface area contributed by atoms with Gasteiger partial charge in [0.05, 0.1) is 4.90 Å². The van der Waals surface area contributed by atoms with Crippen LogP contribution in [0.1, 0.15) is 33.3 Å². The number of anilines is 2. The number of halogens is 1. The lowest BCUT2D eigenvalue weighted by atomic mass is 10.2. The number of amides is 1. The standard InChI is InChI=1S/C25H23ClN4O5S/c1-15-12-18(26)4-10-22(15)34-14-20-7-11-23(35-20)24(31)29-19-5-8-21(9-6-19)36(32,33)30-25-27-16(2)13-17(3)28-25/h4-13H,14H2,1-3H3,(H,29,31)(H,27,28,30). The third kappa shape index (κ3) is 6.21. The van der Waals surface area contributed by atoms with Gasteiger partial charge >= 0.3 is 0 Å². The van der Waals surface area contributed by atoms with Crippen LogP contribution in [-0.2, 0) is 16.6 Å². The first-order valence-corrected chi connectivity index (χ1v) is 12.7.